The van der Waals surface area contributed by atoms with Gasteiger partial charge in [-0.1, -0.05) is 13.3 Å². The highest BCUT2D eigenvalue weighted by atomic mass is 16.5. The van der Waals surface area contributed by atoms with Gasteiger partial charge in [0.25, 0.3) is 0 Å². The Morgan fingerprint density at radius 2 is 2.29 bits per heavy atom. The van der Waals surface area contributed by atoms with Gasteiger partial charge in [0.1, 0.15) is 0 Å². The first-order chi connectivity index (χ1) is 6.83. The van der Waals surface area contributed by atoms with Crippen molar-refractivity contribution in [2.45, 2.75) is 32.7 Å². The van der Waals surface area contributed by atoms with Gasteiger partial charge in [0.2, 0.25) is 0 Å². The number of rotatable bonds is 6. The molecule has 0 spiro atoms. The van der Waals surface area contributed by atoms with Crippen LogP contribution in [0.2, 0.25) is 0 Å². The Labute approximate surface area is 87.8 Å². The number of hydrogen-bond donors (Lipinski definition) is 1. The molecule has 0 saturated carbocycles. The Hall–Kier alpha value is -0.120. The maximum atomic E-state index is 5.55. The number of nitrogens with one attached hydrogen (secondary N) is 1. The molecule has 1 saturated heterocycles. The second-order valence-corrected chi connectivity index (χ2v) is 4.12. The third-order valence-corrected chi connectivity index (χ3v) is 2.65. The third kappa shape index (κ3) is 4.94. The van der Waals surface area contributed by atoms with Gasteiger partial charge in [-0.2, -0.15) is 0 Å². The minimum absolute atomic E-state index is 0.638. The molecule has 0 aromatic rings. The highest BCUT2D eigenvalue weighted by Crippen LogP contribution is 1.98. The maximum Gasteiger partial charge on any atom is 0.0593 e. The van der Waals surface area contributed by atoms with Crippen LogP contribution in [-0.4, -0.2) is 50.3 Å². The molecule has 0 radical (unpaired) electrons. The van der Waals surface area contributed by atoms with Crippen molar-refractivity contribution < 1.29 is 4.74 Å². The summed E-state index contributed by atoms with van der Waals surface area (Å²) in [4.78, 5) is 2.48. The highest BCUT2D eigenvalue weighted by molar-refractivity contribution is 4.74. The molecule has 0 aromatic heterocycles. The summed E-state index contributed by atoms with van der Waals surface area (Å²) in [5.74, 6) is 0. The second kappa shape index (κ2) is 7.21. The molecule has 0 aromatic carbocycles. The van der Waals surface area contributed by atoms with E-state index in [1.54, 1.807) is 0 Å². The van der Waals surface area contributed by atoms with Crippen LogP contribution in [0.15, 0.2) is 0 Å². The molecule has 1 rings (SSSR count). The molecule has 14 heavy (non-hydrogen) atoms. The normalized spacial score (nSPS) is 24.0. The SMILES string of the molecule is CCCCOCCN1CCNC(C)C1. The van der Waals surface area contributed by atoms with Crippen LogP contribution in [0.4, 0.5) is 0 Å². The molecule has 1 heterocycles. The fourth-order valence-corrected chi connectivity index (χ4v) is 1.76. The Morgan fingerprint density at radius 3 is 3.00 bits per heavy atom. The fourth-order valence-electron chi connectivity index (χ4n) is 1.76. The van der Waals surface area contributed by atoms with Gasteiger partial charge in [-0.25, -0.2) is 0 Å². The van der Waals surface area contributed by atoms with Gasteiger partial charge >= 0.3 is 0 Å². The van der Waals surface area contributed by atoms with Crippen molar-refractivity contribution in [2.24, 2.45) is 0 Å². The largest absolute Gasteiger partial charge is 0.380 e. The van der Waals surface area contributed by atoms with Crippen molar-refractivity contribution >= 4 is 0 Å². The average Bonchev–Trinajstić information content (AvgIpc) is 2.18. The first-order valence-corrected chi connectivity index (χ1v) is 5.86. The molecular weight excluding hydrogens is 176 g/mol. The predicted octanol–water partition coefficient (Wildman–Crippen LogP) is 1.10. The molecule has 0 bridgehead atoms. The summed E-state index contributed by atoms with van der Waals surface area (Å²) >= 11 is 0. The van der Waals surface area contributed by atoms with Crippen LogP contribution in [-0.2, 0) is 4.74 Å². The van der Waals surface area contributed by atoms with Crippen LogP contribution in [0, 0.1) is 0 Å². The predicted molar refractivity (Wildman–Crippen MR) is 59.6 cm³/mol. The van der Waals surface area contributed by atoms with E-state index in [1.807, 2.05) is 0 Å². The molecule has 1 aliphatic rings. The second-order valence-electron chi connectivity index (χ2n) is 4.12. The summed E-state index contributed by atoms with van der Waals surface area (Å²) in [5.41, 5.74) is 0. The lowest BCUT2D eigenvalue weighted by Gasteiger charge is -2.31. The van der Waals surface area contributed by atoms with Crippen molar-refractivity contribution in [3.63, 3.8) is 0 Å². The first kappa shape index (κ1) is 12.0. The smallest absolute Gasteiger partial charge is 0.0593 e. The van der Waals surface area contributed by atoms with E-state index in [1.165, 1.54) is 19.4 Å². The first-order valence-electron chi connectivity index (χ1n) is 5.86. The number of ether oxygens (including phenoxy) is 1. The van der Waals surface area contributed by atoms with Gasteiger partial charge in [-0.3, -0.25) is 4.90 Å². The van der Waals surface area contributed by atoms with Crippen LogP contribution in [0.1, 0.15) is 26.7 Å². The quantitative estimate of drug-likeness (QED) is 0.650. The molecule has 1 N–H and O–H groups in total. The van der Waals surface area contributed by atoms with Gasteiger partial charge in [0.15, 0.2) is 0 Å². The zero-order chi connectivity index (χ0) is 10.2. The van der Waals surface area contributed by atoms with E-state index in [0.717, 1.165) is 32.8 Å². The molecule has 0 aliphatic carbocycles. The van der Waals surface area contributed by atoms with Crippen LogP contribution < -0.4 is 5.32 Å². The summed E-state index contributed by atoms with van der Waals surface area (Å²) in [6, 6.07) is 0.638. The Morgan fingerprint density at radius 1 is 1.43 bits per heavy atom. The molecule has 1 fully saturated rings. The minimum atomic E-state index is 0.638. The van der Waals surface area contributed by atoms with Crippen molar-refractivity contribution in [1.82, 2.24) is 10.2 Å². The highest BCUT2D eigenvalue weighted by Gasteiger charge is 2.14. The minimum Gasteiger partial charge on any atom is -0.380 e. The fraction of sp³-hybridized carbons (Fsp3) is 1.00. The lowest BCUT2D eigenvalue weighted by Crippen LogP contribution is -2.49. The van der Waals surface area contributed by atoms with E-state index >= 15 is 0 Å². The Balaban J connectivity index is 1.95. The Kier molecular flexibility index (Phi) is 6.15. The van der Waals surface area contributed by atoms with Crippen molar-refractivity contribution in [3.8, 4) is 0 Å². The van der Waals surface area contributed by atoms with Crippen molar-refractivity contribution in [2.75, 3.05) is 39.4 Å². The van der Waals surface area contributed by atoms with E-state index in [-0.39, 0.29) is 0 Å². The van der Waals surface area contributed by atoms with Gasteiger partial charge in [-0.15, -0.1) is 0 Å². The van der Waals surface area contributed by atoms with E-state index in [4.69, 9.17) is 4.74 Å². The number of unbranched alkanes of at least 4 members (excludes halogenated alkanes) is 1. The lowest BCUT2D eigenvalue weighted by molar-refractivity contribution is 0.0914. The summed E-state index contributed by atoms with van der Waals surface area (Å²) in [6.07, 6.45) is 2.42. The third-order valence-electron chi connectivity index (χ3n) is 2.65. The maximum absolute atomic E-state index is 5.55. The number of nitrogens with zero attached hydrogens (tertiary/aromatic N) is 1. The topological polar surface area (TPSA) is 24.5 Å². The molecule has 84 valence electrons. The van der Waals surface area contributed by atoms with E-state index in [0.29, 0.717) is 6.04 Å². The van der Waals surface area contributed by atoms with Gasteiger partial charge in [-0.05, 0) is 13.3 Å². The summed E-state index contributed by atoms with van der Waals surface area (Å²) in [6.45, 7) is 10.8. The molecule has 3 heteroatoms. The summed E-state index contributed by atoms with van der Waals surface area (Å²) < 4.78 is 5.55. The van der Waals surface area contributed by atoms with Gasteiger partial charge < -0.3 is 10.1 Å². The van der Waals surface area contributed by atoms with Gasteiger partial charge in [0, 0.05) is 38.8 Å². The van der Waals surface area contributed by atoms with Gasteiger partial charge in [0.05, 0.1) is 6.61 Å². The standard InChI is InChI=1S/C11H24N2O/c1-3-4-8-14-9-7-13-6-5-12-11(2)10-13/h11-12H,3-10H2,1-2H3. The van der Waals surface area contributed by atoms with Crippen LogP contribution in [0.3, 0.4) is 0 Å². The average molecular weight is 200 g/mol. The molecule has 1 unspecified atom stereocenters. The zero-order valence-electron chi connectivity index (χ0n) is 9.59. The van der Waals surface area contributed by atoms with E-state index < -0.39 is 0 Å². The monoisotopic (exact) mass is 200 g/mol. The van der Waals surface area contributed by atoms with Crippen LogP contribution >= 0.6 is 0 Å². The van der Waals surface area contributed by atoms with Crippen LogP contribution in [0.5, 0.6) is 0 Å². The van der Waals surface area contributed by atoms with Crippen molar-refractivity contribution in [3.05, 3.63) is 0 Å². The molecule has 3 nitrogen and oxygen atoms in total. The molecule has 1 aliphatic heterocycles. The summed E-state index contributed by atoms with van der Waals surface area (Å²) in [5, 5.41) is 3.44. The van der Waals surface area contributed by atoms with E-state index in [2.05, 4.69) is 24.1 Å². The Bertz CT molecular complexity index is 141. The number of hydrogen-bond acceptors (Lipinski definition) is 3. The zero-order valence-corrected chi connectivity index (χ0v) is 9.59. The molecule has 1 atom stereocenters. The van der Waals surface area contributed by atoms with Crippen molar-refractivity contribution in [1.29, 1.82) is 0 Å². The molecular formula is C11H24N2O. The summed E-state index contributed by atoms with van der Waals surface area (Å²) in [7, 11) is 0. The van der Waals surface area contributed by atoms with E-state index in [9.17, 15) is 0 Å². The molecule has 0 amide bonds. The van der Waals surface area contributed by atoms with Crippen LogP contribution in [0.25, 0.3) is 0 Å². The lowest BCUT2D eigenvalue weighted by atomic mass is 10.2. The number of piperazine rings is 1.